The van der Waals surface area contributed by atoms with Crippen LogP contribution in [-0.4, -0.2) is 23.7 Å². The Morgan fingerprint density at radius 2 is 1.96 bits per heavy atom. The van der Waals surface area contributed by atoms with Crippen molar-refractivity contribution in [3.05, 3.63) is 52.6 Å². The van der Waals surface area contributed by atoms with Crippen LogP contribution in [-0.2, 0) is 9.53 Å². The summed E-state index contributed by atoms with van der Waals surface area (Å²) in [6, 6.07) is 10.3. The number of rotatable bonds is 4. The first-order chi connectivity index (χ1) is 11.6. The highest BCUT2D eigenvalue weighted by molar-refractivity contribution is 8.18. The first-order valence-corrected chi connectivity index (χ1v) is 8.00. The first-order valence-electron chi connectivity index (χ1n) is 7.19. The summed E-state index contributed by atoms with van der Waals surface area (Å²) >= 11 is 0.833. The molecule has 1 aromatic heterocycles. The third-order valence-corrected chi connectivity index (χ3v) is 4.03. The number of benzene rings is 1. The number of thioether (sulfide) groups is 1. The number of carbonyl (C=O) groups is 3. The van der Waals surface area contributed by atoms with E-state index in [1.54, 1.807) is 43.3 Å². The SMILES string of the molecule is CCOC(=O)c1ccc(-c2ccc(C=C3SC(=O)NC3=O)o2)cc1. The number of imide groups is 1. The molecule has 0 unspecified atom stereocenters. The average Bonchev–Trinajstić information content (AvgIpc) is 3.15. The van der Waals surface area contributed by atoms with Gasteiger partial charge in [-0.15, -0.1) is 0 Å². The van der Waals surface area contributed by atoms with Gasteiger partial charge in [-0.05, 0) is 43.0 Å². The molecule has 2 aromatic rings. The minimum absolute atomic E-state index is 0.290. The Balaban J connectivity index is 1.78. The van der Waals surface area contributed by atoms with Crippen LogP contribution in [0.15, 0.2) is 45.7 Å². The standard InChI is InChI=1S/C17H13NO5S/c1-2-22-16(20)11-5-3-10(4-6-11)13-8-7-12(23-13)9-14-15(19)18-17(21)24-14/h3-9H,2H2,1H3,(H,18,19,21). The van der Waals surface area contributed by atoms with E-state index >= 15 is 0 Å². The second-order valence-electron chi connectivity index (χ2n) is 4.85. The molecule has 1 N–H and O–H groups in total. The summed E-state index contributed by atoms with van der Waals surface area (Å²) in [4.78, 5) is 34.6. The average molecular weight is 343 g/mol. The second kappa shape index (κ2) is 6.76. The lowest BCUT2D eigenvalue weighted by Crippen LogP contribution is -2.17. The second-order valence-corrected chi connectivity index (χ2v) is 5.87. The minimum atomic E-state index is -0.429. The van der Waals surface area contributed by atoms with Gasteiger partial charge in [-0.25, -0.2) is 4.79 Å². The van der Waals surface area contributed by atoms with Gasteiger partial charge in [-0.3, -0.25) is 14.9 Å². The molecule has 0 radical (unpaired) electrons. The Bertz CT molecular complexity index is 835. The number of ether oxygens (including phenoxy) is 1. The van der Waals surface area contributed by atoms with E-state index in [-0.39, 0.29) is 5.97 Å². The molecule has 0 bridgehead atoms. The number of furan rings is 1. The molecule has 122 valence electrons. The third kappa shape index (κ3) is 3.41. The fourth-order valence-corrected chi connectivity index (χ4v) is 2.78. The summed E-state index contributed by atoms with van der Waals surface area (Å²) < 4.78 is 10.6. The summed E-state index contributed by atoms with van der Waals surface area (Å²) in [7, 11) is 0. The van der Waals surface area contributed by atoms with Crippen molar-refractivity contribution in [3.63, 3.8) is 0 Å². The van der Waals surface area contributed by atoms with Crippen LogP contribution in [0.1, 0.15) is 23.0 Å². The number of esters is 1. The number of nitrogens with one attached hydrogen (secondary N) is 1. The lowest BCUT2D eigenvalue weighted by Gasteiger charge is -2.02. The van der Waals surface area contributed by atoms with Gasteiger partial charge in [0.15, 0.2) is 0 Å². The van der Waals surface area contributed by atoms with Crippen molar-refractivity contribution in [2.24, 2.45) is 0 Å². The predicted molar refractivity (Wildman–Crippen MR) is 89.2 cm³/mol. The minimum Gasteiger partial charge on any atom is -0.462 e. The van der Waals surface area contributed by atoms with Crippen LogP contribution in [0.5, 0.6) is 0 Å². The molecule has 0 saturated carbocycles. The summed E-state index contributed by atoms with van der Waals surface area (Å²) in [6.45, 7) is 2.08. The van der Waals surface area contributed by atoms with Crippen molar-refractivity contribution < 1.29 is 23.5 Å². The van der Waals surface area contributed by atoms with Crippen LogP contribution in [0.3, 0.4) is 0 Å². The maximum absolute atomic E-state index is 11.6. The zero-order chi connectivity index (χ0) is 17.1. The molecule has 2 heterocycles. The van der Waals surface area contributed by atoms with Crippen LogP contribution >= 0.6 is 11.8 Å². The fourth-order valence-electron chi connectivity index (χ4n) is 2.12. The molecule has 0 aliphatic carbocycles. The van der Waals surface area contributed by atoms with Gasteiger partial charge in [0, 0.05) is 11.6 Å². The highest BCUT2D eigenvalue weighted by atomic mass is 32.2. The lowest BCUT2D eigenvalue weighted by atomic mass is 10.1. The molecule has 6 nitrogen and oxygen atoms in total. The molecule has 1 aromatic carbocycles. The molecule has 0 spiro atoms. The van der Waals surface area contributed by atoms with E-state index in [1.165, 1.54) is 6.08 Å². The molecule has 24 heavy (non-hydrogen) atoms. The normalized spacial score (nSPS) is 15.6. The van der Waals surface area contributed by atoms with Crippen molar-refractivity contribution in [1.29, 1.82) is 0 Å². The Labute approximate surface area is 141 Å². The Morgan fingerprint density at radius 1 is 1.21 bits per heavy atom. The van der Waals surface area contributed by atoms with E-state index in [2.05, 4.69) is 5.32 Å². The maximum Gasteiger partial charge on any atom is 0.338 e. The van der Waals surface area contributed by atoms with E-state index in [9.17, 15) is 14.4 Å². The lowest BCUT2D eigenvalue weighted by molar-refractivity contribution is -0.115. The number of hydrogen-bond acceptors (Lipinski definition) is 6. The number of hydrogen-bond donors (Lipinski definition) is 1. The van der Waals surface area contributed by atoms with E-state index in [1.807, 2.05) is 0 Å². The van der Waals surface area contributed by atoms with Crippen LogP contribution in [0.4, 0.5) is 4.79 Å². The molecule has 7 heteroatoms. The third-order valence-electron chi connectivity index (χ3n) is 3.22. The Kier molecular flexibility index (Phi) is 4.52. The Hall–Kier alpha value is -2.80. The van der Waals surface area contributed by atoms with Gasteiger partial charge in [-0.2, -0.15) is 0 Å². The largest absolute Gasteiger partial charge is 0.462 e. The smallest absolute Gasteiger partial charge is 0.338 e. The Morgan fingerprint density at radius 3 is 2.58 bits per heavy atom. The maximum atomic E-state index is 11.6. The summed E-state index contributed by atoms with van der Waals surface area (Å²) in [5.41, 5.74) is 1.25. The van der Waals surface area contributed by atoms with Gasteiger partial charge < -0.3 is 9.15 Å². The molecular weight excluding hydrogens is 330 g/mol. The zero-order valence-electron chi connectivity index (χ0n) is 12.7. The molecule has 2 amide bonds. The topological polar surface area (TPSA) is 85.6 Å². The van der Waals surface area contributed by atoms with Crippen LogP contribution in [0.2, 0.25) is 0 Å². The summed E-state index contributed by atoms with van der Waals surface area (Å²) in [5, 5.41) is 1.79. The van der Waals surface area contributed by atoms with E-state index < -0.39 is 11.1 Å². The molecule has 0 atom stereocenters. The quantitative estimate of drug-likeness (QED) is 0.676. The van der Waals surface area contributed by atoms with Crippen LogP contribution in [0, 0.1) is 0 Å². The van der Waals surface area contributed by atoms with Crippen molar-refractivity contribution in [2.75, 3.05) is 6.61 Å². The van der Waals surface area contributed by atoms with Gasteiger partial charge in [0.1, 0.15) is 11.5 Å². The molecule has 1 aliphatic rings. The first kappa shape index (κ1) is 16.1. The number of carbonyl (C=O) groups excluding carboxylic acids is 3. The van der Waals surface area contributed by atoms with E-state index in [0.29, 0.717) is 28.6 Å². The van der Waals surface area contributed by atoms with Crippen molar-refractivity contribution in [1.82, 2.24) is 5.32 Å². The summed E-state index contributed by atoms with van der Waals surface area (Å²) in [6.07, 6.45) is 1.52. The monoisotopic (exact) mass is 343 g/mol. The molecule has 1 saturated heterocycles. The highest BCUT2D eigenvalue weighted by Crippen LogP contribution is 2.28. The van der Waals surface area contributed by atoms with Crippen LogP contribution < -0.4 is 5.32 Å². The van der Waals surface area contributed by atoms with Crippen molar-refractivity contribution in [2.45, 2.75) is 6.92 Å². The summed E-state index contributed by atoms with van der Waals surface area (Å²) in [5.74, 6) is 0.253. The van der Waals surface area contributed by atoms with Gasteiger partial charge >= 0.3 is 5.97 Å². The fraction of sp³-hybridized carbons (Fsp3) is 0.118. The van der Waals surface area contributed by atoms with Gasteiger partial charge in [-0.1, -0.05) is 12.1 Å². The predicted octanol–water partition coefficient (Wildman–Crippen LogP) is 3.45. The van der Waals surface area contributed by atoms with Crippen molar-refractivity contribution in [3.8, 4) is 11.3 Å². The molecule has 1 aliphatic heterocycles. The van der Waals surface area contributed by atoms with E-state index in [4.69, 9.17) is 9.15 Å². The molecular formula is C17H13NO5S. The number of amides is 2. The van der Waals surface area contributed by atoms with Crippen LogP contribution in [0.25, 0.3) is 17.4 Å². The van der Waals surface area contributed by atoms with E-state index in [0.717, 1.165) is 17.3 Å². The molecule has 1 fully saturated rings. The van der Waals surface area contributed by atoms with Gasteiger partial charge in [0.25, 0.3) is 11.1 Å². The van der Waals surface area contributed by atoms with Gasteiger partial charge in [0.2, 0.25) is 0 Å². The molecule has 3 rings (SSSR count). The highest BCUT2D eigenvalue weighted by Gasteiger charge is 2.25. The van der Waals surface area contributed by atoms with Crippen molar-refractivity contribution >= 4 is 35.0 Å². The van der Waals surface area contributed by atoms with Gasteiger partial charge in [0.05, 0.1) is 17.1 Å². The zero-order valence-corrected chi connectivity index (χ0v) is 13.5.